The molecule has 7 nitrogen and oxygen atoms in total. The summed E-state index contributed by atoms with van der Waals surface area (Å²) in [6.07, 6.45) is 0. The number of esters is 1. The van der Waals surface area contributed by atoms with Gasteiger partial charge in [0, 0.05) is 16.1 Å². The van der Waals surface area contributed by atoms with E-state index in [4.69, 9.17) is 14.2 Å². The number of rotatable bonds is 10. The minimum atomic E-state index is -0.643. The summed E-state index contributed by atoms with van der Waals surface area (Å²) in [5, 5.41) is 2.82. The smallest absolute Gasteiger partial charge is 0.339 e. The fourth-order valence-electron chi connectivity index (χ4n) is 3.04. The van der Waals surface area contributed by atoms with Gasteiger partial charge in [-0.15, -0.1) is 11.8 Å². The molecule has 0 saturated heterocycles. The Morgan fingerprint density at radius 1 is 0.882 bits per heavy atom. The van der Waals surface area contributed by atoms with Crippen molar-refractivity contribution in [3.05, 3.63) is 83.4 Å². The number of methoxy groups -OCH3 is 2. The zero-order valence-corrected chi connectivity index (χ0v) is 19.9. The summed E-state index contributed by atoms with van der Waals surface area (Å²) in [7, 11) is 2.98. The van der Waals surface area contributed by atoms with Crippen LogP contribution in [0.25, 0.3) is 0 Å². The minimum Gasteiger partial charge on any atom is -0.493 e. The van der Waals surface area contributed by atoms with Crippen molar-refractivity contribution in [1.82, 2.24) is 0 Å². The number of thioether (sulfide) groups is 1. The van der Waals surface area contributed by atoms with Gasteiger partial charge in [0.25, 0.3) is 0 Å². The summed E-state index contributed by atoms with van der Waals surface area (Å²) >= 11 is 1.22. The van der Waals surface area contributed by atoms with Crippen molar-refractivity contribution in [2.75, 3.05) is 31.9 Å². The predicted octanol–water partition coefficient (Wildman–Crippen LogP) is 4.78. The number of amides is 1. The van der Waals surface area contributed by atoms with Gasteiger partial charge in [0.15, 0.2) is 23.9 Å². The highest BCUT2D eigenvalue weighted by molar-refractivity contribution is 8.00. The van der Waals surface area contributed by atoms with E-state index < -0.39 is 12.6 Å². The van der Waals surface area contributed by atoms with Crippen molar-refractivity contribution in [3.8, 4) is 11.5 Å². The molecule has 0 aliphatic heterocycles. The standard InChI is InChI=1S/C26H25NO6S/c1-17-8-11-19(12-9-17)27-25(29)16-34-24-7-5-4-6-20(24)26(30)33-15-21(28)18-10-13-22(31-2)23(14-18)32-3/h4-14H,15-16H2,1-3H3,(H,27,29). The van der Waals surface area contributed by atoms with E-state index in [1.54, 1.807) is 36.4 Å². The third-order valence-electron chi connectivity index (χ3n) is 4.84. The molecule has 176 valence electrons. The average molecular weight is 480 g/mol. The molecule has 0 atom stereocenters. The number of anilines is 1. The number of nitrogens with one attached hydrogen (secondary N) is 1. The van der Waals surface area contributed by atoms with Crippen LogP contribution in [0.3, 0.4) is 0 Å². The molecule has 0 unspecified atom stereocenters. The van der Waals surface area contributed by atoms with Crippen LogP contribution in [0, 0.1) is 6.92 Å². The van der Waals surface area contributed by atoms with Gasteiger partial charge in [-0.25, -0.2) is 4.79 Å². The molecule has 0 heterocycles. The van der Waals surface area contributed by atoms with E-state index in [0.717, 1.165) is 5.56 Å². The SMILES string of the molecule is COc1ccc(C(=O)COC(=O)c2ccccc2SCC(=O)Nc2ccc(C)cc2)cc1OC. The van der Waals surface area contributed by atoms with Gasteiger partial charge in [-0.1, -0.05) is 29.8 Å². The van der Waals surface area contributed by atoms with Crippen LogP contribution in [0.4, 0.5) is 5.69 Å². The van der Waals surface area contributed by atoms with E-state index in [1.807, 2.05) is 31.2 Å². The molecule has 0 saturated carbocycles. The van der Waals surface area contributed by atoms with Crippen LogP contribution in [0.5, 0.6) is 11.5 Å². The van der Waals surface area contributed by atoms with Crippen molar-refractivity contribution in [3.63, 3.8) is 0 Å². The lowest BCUT2D eigenvalue weighted by Gasteiger charge is -2.11. The molecule has 3 aromatic carbocycles. The predicted molar refractivity (Wildman–Crippen MR) is 131 cm³/mol. The summed E-state index contributed by atoms with van der Waals surface area (Å²) in [4.78, 5) is 38.1. The number of ether oxygens (including phenoxy) is 3. The highest BCUT2D eigenvalue weighted by Crippen LogP contribution is 2.28. The third kappa shape index (κ3) is 6.62. The maximum atomic E-state index is 12.7. The second-order valence-electron chi connectivity index (χ2n) is 7.27. The number of hydrogen-bond acceptors (Lipinski definition) is 7. The Kier molecular flexibility index (Phi) is 8.70. The fraction of sp³-hybridized carbons (Fsp3) is 0.192. The number of aryl methyl sites for hydroxylation is 1. The quantitative estimate of drug-likeness (QED) is 0.254. The topological polar surface area (TPSA) is 90.9 Å². The first-order valence-electron chi connectivity index (χ1n) is 10.4. The Hall–Kier alpha value is -3.78. The molecule has 1 amide bonds. The largest absolute Gasteiger partial charge is 0.493 e. The molecule has 3 rings (SSSR count). The second kappa shape index (κ2) is 11.9. The maximum absolute atomic E-state index is 12.7. The van der Waals surface area contributed by atoms with Crippen LogP contribution in [0.2, 0.25) is 0 Å². The van der Waals surface area contributed by atoms with Crippen molar-refractivity contribution < 1.29 is 28.6 Å². The van der Waals surface area contributed by atoms with E-state index in [2.05, 4.69) is 5.32 Å². The molecule has 0 radical (unpaired) electrons. The molecule has 0 fully saturated rings. The third-order valence-corrected chi connectivity index (χ3v) is 5.91. The number of benzene rings is 3. The summed E-state index contributed by atoms with van der Waals surface area (Å²) in [6, 6.07) is 19.0. The highest BCUT2D eigenvalue weighted by atomic mass is 32.2. The summed E-state index contributed by atoms with van der Waals surface area (Å²) < 4.78 is 15.6. The molecular weight excluding hydrogens is 454 g/mol. The van der Waals surface area contributed by atoms with Gasteiger partial charge in [-0.2, -0.15) is 0 Å². The van der Waals surface area contributed by atoms with Gasteiger partial charge in [0.05, 0.1) is 25.5 Å². The lowest BCUT2D eigenvalue weighted by Crippen LogP contribution is -2.16. The first-order chi connectivity index (χ1) is 16.4. The van der Waals surface area contributed by atoms with Crippen LogP contribution in [0.15, 0.2) is 71.6 Å². The average Bonchev–Trinajstić information content (AvgIpc) is 2.86. The van der Waals surface area contributed by atoms with E-state index in [-0.39, 0.29) is 23.0 Å². The number of carbonyl (C=O) groups excluding carboxylic acids is 3. The van der Waals surface area contributed by atoms with Crippen LogP contribution in [-0.4, -0.2) is 44.2 Å². The van der Waals surface area contributed by atoms with Crippen molar-refractivity contribution in [2.24, 2.45) is 0 Å². The van der Waals surface area contributed by atoms with Crippen molar-refractivity contribution >= 4 is 35.1 Å². The van der Waals surface area contributed by atoms with Gasteiger partial charge in [0.2, 0.25) is 5.91 Å². The molecule has 8 heteroatoms. The summed E-state index contributed by atoms with van der Waals surface area (Å²) in [5.41, 5.74) is 2.43. The zero-order chi connectivity index (χ0) is 24.5. The van der Waals surface area contributed by atoms with Gasteiger partial charge < -0.3 is 19.5 Å². The van der Waals surface area contributed by atoms with Crippen LogP contribution in [-0.2, 0) is 9.53 Å². The fourth-order valence-corrected chi connectivity index (χ4v) is 3.88. The molecule has 0 spiro atoms. The molecular formula is C26H25NO6S. The number of hydrogen-bond donors (Lipinski definition) is 1. The second-order valence-corrected chi connectivity index (χ2v) is 8.29. The molecule has 3 aromatic rings. The first-order valence-corrected chi connectivity index (χ1v) is 11.4. The molecule has 0 aliphatic rings. The first kappa shape index (κ1) is 24.9. The van der Waals surface area contributed by atoms with Gasteiger partial charge >= 0.3 is 5.97 Å². The van der Waals surface area contributed by atoms with Crippen LogP contribution < -0.4 is 14.8 Å². The van der Waals surface area contributed by atoms with E-state index in [0.29, 0.717) is 27.6 Å². The lowest BCUT2D eigenvalue weighted by atomic mass is 10.1. The van der Waals surface area contributed by atoms with Gasteiger partial charge in [-0.05, 0) is 49.4 Å². The molecule has 1 N–H and O–H groups in total. The van der Waals surface area contributed by atoms with E-state index >= 15 is 0 Å². The van der Waals surface area contributed by atoms with Crippen molar-refractivity contribution in [2.45, 2.75) is 11.8 Å². The monoisotopic (exact) mass is 479 g/mol. The van der Waals surface area contributed by atoms with E-state index in [9.17, 15) is 14.4 Å². The Morgan fingerprint density at radius 2 is 1.59 bits per heavy atom. The van der Waals surface area contributed by atoms with Crippen molar-refractivity contribution in [1.29, 1.82) is 0 Å². The summed E-state index contributed by atoms with van der Waals surface area (Å²) in [6.45, 7) is 1.54. The zero-order valence-electron chi connectivity index (χ0n) is 19.1. The van der Waals surface area contributed by atoms with Crippen LogP contribution in [0.1, 0.15) is 26.3 Å². The van der Waals surface area contributed by atoms with E-state index in [1.165, 1.54) is 32.0 Å². The maximum Gasteiger partial charge on any atom is 0.339 e. The molecule has 34 heavy (non-hydrogen) atoms. The number of Topliss-reactive ketones (excluding diaryl/α,β-unsaturated/α-hetero) is 1. The Bertz CT molecular complexity index is 1180. The molecule has 0 bridgehead atoms. The molecule has 0 aliphatic carbocycles. The highest BCUT2D eigenvalue weighted by Gasteiger charge is 2.17. The Morgan fingerprint density at radius 3 is 2.29 bits per heavy atom. The van der Waals surface area contributed by atoms with Gasteiger partial charge in [0.1, 0.15) is 0 Å². The number of carbonyl (C=O) groups is 3. The normalized spacial score (nSPS) is 10.3. The van der Waals surface area contributed by atoms with Crippen LogP contribution >= 0.6 is 11.8 Å². The van der Waals surface area contributed by atoms with Gasteiger partial charge in [-0.3, -0.25) is 9.59 Å². The Balaban J connectivity index is 1.59. The minimum absolute atomic E-state index is 0.114. The summed E-state index contributed by atoms with van der Waals surface area (Å²) in [5.74, 6) is -0.199. The lowest BCUT2D eigenvalue weighted by molar-refractivity contribution is -0.113. The Labute approximate surface area is 202 Å². The number of ketones is 1. The molecule has 0 aromatic heterocycles.